The number of carbonyl (C=O) groups excluding carboxylic acids is 1. The number of rotatable bonds is 3. The summed E-state index contributed by atoms with van der Waals surface area (Å²) in [6, 6.07) is 7.63. The lowest BCUT2D eigenvalue weighted by Crippen LogP contribution is -2.39. The molecule has 0 saturated heterocycles. The predicted octanol–water partition coefficient (Wildman–Crippen LogP) is 2.85. The van der Waals surface area contributed by atoms with Gasteiger partial charge in [-0.2, -0.15) is 0 Å². The van der Waals surface area contributed by atoms with Crippen LogP contribution in [0.5, 0.6) is 0 Å². The number of hydrogen-bond donors (Lipinski definition) is 1. The van der Waals surface area contributed by atoms with E-state index in [4.69, 9.17) is 17.3 Å². The largest absolute Gasteiger partial charge is 0.341 e. The second-order valence-electron chi connectivity index (χ2n) is 5.03. The zero-order valence-corrected chi connectivity index (χ0v) is 12.6. The Morgan fingerprint density at radius 2 is 2.21 bits per heavy atom. The summed E-state index contributed by atoms with van der Waals surface area (Å²) in [7, 11) is 1.83. The monoisotopic (exact) mass is 302 g/mol. The fourth-order valence-corrected chi connectivity index (χ4v) is 2.78. The van der Waals surface area contributed by atoms with Gasteiger partial charge in [0.25, 0.3) is 0 Å². The number of nitrogens with two attached hydrogens (primary N) is 1. The molecule has 0 radical (unpaired) electrons. The van der Waals surface area contributed by atoms with Crippen LogP contribution >= 0.6 is 24.0 Å². The van der Waals surface area contributed by atoms with Crippen LogP contribution in [-0.4, -0.2) is 23.9 Å². The molecule has 106 valence electrons. The molecule has 2 unspecified atom stereocenters. The molecule has 1 aromatic carbocycles. The van der Waals surface area contributed by atoms with Crippen molar-refractivity contribution in [3.63, 3.8) is 0 Å². The molecule has 0 bridgehead atoms. The first kappa shape index (κ1) is 16.3. The fourth-order valence-electron chi connectivity index (χ4n) is 2.57. The predicted molar refractivity (Wildman–Crippen MR) is 80.5 cm³/mol. The molecular formula is C14H20Cl2N2O. The summed E-state index contributed by atoms with van der Waals surface area (Å²) in [6.07, 6.45) is 2.93. The van der Waals surface area contributed by atoms with Gasteiger partial charge in [0.05, 0.1) is 5.92 Å². The van der Waals surface area contributed by atoms with Crippen molar-refractivity contribution in [1.29, 1.82) is 0 Å². The lowest BCUT2D eigenvalue weighted by atomic mass is 10.0. The van der Waals surface area contributed by atoms with Gasteiger partial charge in [0.15, 0.2) is 0 Å². The van der Waals surface area contributed by atoms with Crippen LogP contribution < -0.4 is 5.73 Å². The van der Waals surface area contributed by atoms with Crippen molar-refractivity contribution in [2.24, 2.45) is 11.7 Å². The van der Waals surface area contributed by atoms with E-state index in [0.717, 1.165) is 24.8 Å². The van der Waals surface area contributed by atoms with Gasteiger partial charge in [0, 0.05) is 24.7 Å². The van der Waals surface area contributed by atoms with Crippen molar-refractivity contribution in [3.05, 3.63) is 34.9 Å². The van der Waals surface area contributed by atoms with Gasteiger partial charge >= 0.3 is 0 Å². The maximum Gasteiger partial charge on any atom is 0.227 e. The highest BCUT2D eigenvalue weighted by molar-refractivity contribution is 6.30. The highest BCUT2D eigenvalue weighted by atomic mass is 35.5. The number of nitrogens with zero attached hydrogens (tertiary/aromatic N) is 1. The van der Waals surface area contributed by atoms with Crippen molar-refractivity contribution in [2.45, 2.75) is 31.8 Å². The van der Waals surface area contributed by atoms with Gasteiger partial charge in [-0.15, -0.1) is 12.4 Å². The van der Waals surface area contributed by atoms with E-state index in [1.807, 2.05) is 31.3 Å². The average Bonchev–Trinajstić information content (AvgIpc) is 2.74. The van der Waals surface area contributed by atoms with Gasteiger partial charge in [0.1, 0.15) is 0 Å². The van der Waals surface area contributed by atoms with Crippen molar-refractivity contribution >= 4 is 29.9 Å². The van der Waals surface area contributed by atoms with E-state index in [1.165, 1.54) is 0 Å². The molecule has 2 N–H and O–H groups in total. The first-order valence-electron chi connectivity index (χ1n) is 6.33. The molecule has 0 spiro atoms. The Kier molecular flexibility index (Phi) is 6.11. The summed E-state index contributed by atoms with van der Waals surface area (Å²) >= 11 is 5.93. The third kappa shape index (κ3) is 4.10. The Hall–Kier alpha value is -0.770. The van der Waals surface area contributed by atoms with E-state index in [-0.39, 0.29) is 30.3 Å². The smallest absolute Gasteiger partial charge is 0.227 e. The molecule has 1 aliphatic rings. The molecule has 1 fully saturated rings. The number of amides is 1. The minimum absolute atomic E-state index is 0. The molecule has 3 nitrogen and oxygen atoms in total. The Balaban J connectivity index is 0.00000180. The maximum absolute atomic E-state index is 12.3. The fraction of sp³-hybridized carbons (Fsp3) is 0.500. The van der Waals surface area contributed by atoms with Gasteiger partial charge in [0.2, 0.25) is 5.91 Å². The van der Waals surface area contributed by atoms with Crippen LogP contribution in [0.1, 0.15) is 24.8 Å². The minimum Gasteiger partial charge on any atom is -0.341 e. The average molecular weight is 303 g/mol. The van der Waals surface area contributed by atoms with Gasteiger partial charge in [-0.05, 0) is 30.5 Å². The molecule has 1 aromatic rings. The second kappa shape index (κ2) is 7.13. The summed E-state index contributed by atoms with van der Waals surface area (Å²) in [5.41, 5.74) is 7.01. The van der Waals surface area contributed by atoms with Gasteiger partial charge < -0.3 is 10.6 Å². The lowest BCUT2D eigenvalue weighted by molar-refractivity contribution is -0.134. The summed E-state index contributed by atoms with van der Waals surface area (Å²) in [5.74, 6) is 0.147. The van der Waals surface area contributed by atoms with Crippen LogP contribution in [0.3, 0.4) is 0 Å². The second-order valence-corrected chi connectivity index (χ2v) is 5.46. The lowest BCUT2D eigenvalue weighted by Gasteiger charge is -2.23. The molecule has 1 amide bonds. The maximum atomic E-state index is 12.3. The van der Waals surface area contributed by atoms with E-state index in [2.05, 4.69) is 0 Å². The first-order chi connectivity index (χ1) is 8.58. The van der Waals surface area contributed by atoms with E-state index >= 15 is 0 Å². The van der Waals surface area contributed by atoms with Crippen LogP contribution in [0.25, 0.3) is 0 Å². The van der Waals surface area contributed by atoms with Crippen LogP contribution in [0.15, 0.2) is 24.3 Å². The zero-order chi connectivity index (χ0) is 13.1. The Morgan fingerprint density at radius 3 is 2.79 bits per heavy atom. The quantitative estimate of drug-likeness (QED) is 0.933. The van der Waals surface area contributed by atoms with Gasteiger partial charge in [-0.25, -0.2) is 0 Å². The number of carbonyl (C=O) groups is 1. The molecule has 2 atom stereocenters. The van der Waals surface area contributed by atoms with Crippen LogP contribution in [0.2, 0.25) is 5.02 Å². The highest BCUT2D eigenvalue weighted by Crippen LogP contribution is 2.26. The van der Waals surface area contributed by atoms with Crippen molar-refractivity contribution in [2.75, 3.05) is 7.05 Å². The third-order valence-corrected chi connectivity index (χ3v) is 3.81. The molecule has 2 rings (SSSR count). The molecule has 1 aliphatic carbocycles. The Morgan fingerprint density at radius 1 is 1.47 bits per heavy atom. The van der Waals surface area contributed by atoms with Crippen LogP contribution in [0.4, 0.5) is 0 Å². The van der Waals surface area contributed by atoms with Crippen LogP contribution in [-0.2, 0) is 11.3 Å². The van der Waals surface area contributed by atoms with Gasteiger partial charge in [-0.3, -0.25) is 4.79 Å². The van der Waals surface area contributed by atoms with E-state index in [9.17, 15) is 4.79 Å². The third-order valence-electron chi connectivity index (χ3n) is 3.57. The van der Waals surface area contributed by atoms with E-state index in [1.54, 1.807) is 4.90 Å². The summed E-state index contributed by atoms with van der Waals surface area (Å²) in [6.45, 7) is 0.586. The molecule has 0 aromatic heterocycles. The Bertz CT molecular complexity index is 439. The van der Waals surface area contributed by atoms with Crippen molar-refractivity contribution < 1.29 is 4.79 Å². The number of hydrogen-bond acceptors (Lipinski definition) is 2. The standard InChI is InChI=1S/C14H19ClN2O.ClH/c1-17(9-10-4-2-5-11(15)8-10)14(18)12-6-3-7-13(12)16;/h2,4-5,8,12-13H,3,6-7,9,16H2,1H3;1H. The zero-order valence-electron chi connectivity index (χ0n) is 11.0. The molecule has 1 saturated carbocycles. The topological polar surface area (TPSA) is 46.3 Å². The summed E-state index contributed by atoms with van der Waals surface area (Å²) < 4.78 is 0. The molecular weight excluding hydrogens is 283 g/mol. The minimum atomic E-state index is -0.00539. The highest BCUT2D eigenvalue weighted by Gasteiger charge is 2.32. The van der Waals surface area contributed by atoms with E-state index in [0.29, 0.717) is 11.6 Å². The molecule has 5 heteroatoms. The number of benzene rings is 1. The Labute approximate surface area is 125 Å². The summed E-state index contributed by atoms with van der Waals surface area (Å²) in [5, 5.41) is 0.700. The van der Waals surface area contributed by atoms with Crippen molar-refractivity contribution in [3.8, 4) is 0 Å². The summed E-state index contributed by atoms with van der Waals surface area (Å²) in [4.78, 5) is 14.0. The molecule has 19 heavy (non-hydrogen) atoms. The SMILES string of the molecule is CN(Cc1cccc(Cl)c1)C(=O)C1CCCC1N.Cl. The normalized spacial score (nSPS) is 21.8. The first-order valence-corrected chi connectivity index (χ1v) is 6.70. The molecule has 0 heterocycles. The van der Waals surface area contributed by atoms with E-state index < -0.39 is 0 Å². The van der Waals surface area contributed by atoms with Gasteiger partial charge in [-0.1, -0.05) is 30.2 Å². The van der Waals surface area contributed by atoms with Crippen LogP contribution in [0, 0.1) is 5.92 Å². The number of halogens is 2. The molecule has 0 aliphatic heterocycles. The van der Waals surface area contributed by atoms with Crippen molar-refractivity contribution in [1.82, 2.24) is 4.90 Å².